The van der Waals surface area contributed by atoms with E-state index < -0.39 is 11.9 Å². The van der Waals surface area contributed by atoms with Crippen LogP contribution in [-0.2, 0) is 4.79 Å². The molecule has 0 radical (unpaired) electrons. The zero-order chi connectivity index (χ0) is 12.6. The number of hydrogen-bond acceptors (Lipinski definition) is 4. The molecule has 3 N–H and O–H groups in total. The molecule has 88 valence electrons. The van der Waals surface area contributed by atoms with Crippen molar-refractivity contribution in [1.29, 1.82) is 0 Å². The maximum atomic E-state index is 11.1. The molecule has 6 nitrogen and oxygen atoms in total. The molecule has 7 heteroatoms. The summed E-state index contributed by atoms with van der Waals surface area (Å²) in [5.74, 6) is -2.68. The first kappa shape index (κ1) is 11.5. The number of benzene rings is 1. The Bertz CT molecular complexity index is 540. The average molecular weight is 253 g/mol. The number of aromatic carboxylic acids is 2. The lowest BCUT2D eigenvalue weighted by Crippen LogP contribution is -2.20. The summed E-state index contributed by atoms with van der Waals surface area (Å²) in [4.78, 5) is 33.5. The van der Waals surface area contributed by atoms with Crippen LogP contribution in [0.15, 0.2) is 17.0 Å². The van der Waals surface area contributed by atoms with Gasteiger partial charge in [0.25, 0.3) is 0 Å². The fraction of sp³-hybridized carbons (Fsp3) is 0.100. The van der Waals surface area contributed by atoms with E-state index in [1.54, 1.807) is 0 Å². The van der Waals surface area contributed by atoms with Gasteiger partial charge in [-0.25, -0.2) is 9.59 Å². The van der Waals surface area contributed by atoms with Gasteiger partial charge in [-0.1, -0.05) is 0 Å². The largest absolute Gasteiger partial charge is 0.478 e. The summed E-state index contributed by atoms with van der Waals surface area (Å²) in [6.07, 6.45) is 0. The molecule has 17 heavy (non-hydrogen) atoms. The van der Waals surface area contributed by atoms with Crippen molar-refractivity contribution in [1.82, 2.24) is 0 Å². The Balaban J connectivity index is 2.59. The molecule has 0 atom stereocenters. The van der Waals surface area contributed by atoms with Gasteiger partial charge in [0.2, 0.25) is 5.91 Å². The second-order valence-corrected chi connectivity index (χ2v) is 4.36. The number of fused-ring (bicyclic) bond motifs is 1. The summed E-state index contributed by atoms with van der Waals surface area (Å²) >= 11 is 1.18. The molecule has 1 amide bonds. The highest BCUT2D eigenvalue weighted by molar-refractivity contribution is 8.00. The van der Waals surface area contributed by atoms with Crippen molar-refractivity contribution >= 4 is 35.3 Å². The molecule has 1 aromatic carbocycles. The molecule has 0 bridgehead atoms. The van der Waals surface area contributed by atoms with E-state index in [1.165, 1.54) is 23.9 Å². The van der Waals surface area contributed by atoms with Crippen molar-refractivity contribution in [2.75, 3.05) is 11.1 Å². The lowest BCUT2D eigenvalue weighted by Gasteiger charge is -2.17. The van der Waals surface area contributed by atoms with Gasteiger partial charge in [0.05, 0.1) is 22.6 Å². The van der Waals surface area contributed by atoms with Crippen LogP contribution in [0.25, 0.3) is 0 Å². The number of carboxylic acids is 2. The minimum Gasteiger partial charge on any atom is -0.478 e. The van der Waals surface area contributed by atoms with Crippen molar-refractivity contribution in [3.05, 3.63) is 23.3 Å². The van der Waals surface area contributed by atoms with E-state index in [4.69, 9.17) is 10.2 Å². The quantitative estimate of drug-likeness (QED) is 0.729. The number of carbonyl (C=O) groups is 3. The van der Waals surface area contributed by atoms with Gasteiger partial charge in [0.1, 0.15) is 0 Å². The van der Waals surface area contributed by atoms with Crippen molar-refractivity contribution in [3.8, 4) is 0 Å². The van der Waals surface area contributed by atoms with E-state index in [2.05, 4.69) is 5.32 Å². The topological polar surface area (TPSA) is 104 Å². The van der Waals surface area contributed by atoms with Gasteiger partial charge in [-0.3, -0.25) is 4.79 Å². The van der Waals surface area contributed by atoms with Crippen LogP contribution in [-0.4, -0.2) is 33.8 Å². The molecule has 0 unspecified atom stereocenters. The summed E-state index contributed by atoms with van der Waals surface area (Å²) in [7, 11) is 0. The van der Waals surface area contributed by atoms with Crippen molar-refractivity contribution in [2.24, 2.45) is 0 Å². The van der Waals surface area contributed by atoms with E-state index in [1.807, 2.05) is 0 Å². The second-order valence-electron chi connectivity index (χ2n) is 3.34. The predicted octanol–water partition coefficient (Wildman–Crippen LogP) is 1.13. The minimum absolute atomic E-state index is 0.193. The molecule has 0 saturated heterocycles. The molecule has 0 aromatic heterocycles. The Morgan fingerprint density at radius 1 is 1.18 bits per heavy atom. The molecule has 0 saturated carbocycles. The Labute approximate surface area is 99.6 Å². The van der Waals surface area contributed by atoms with Crippen LogP contribution in [0.3, 0.4) is 0 Å². The Morgan fingerprint density at radius 3 is 2.35 bits per heavy atom. The first-order chi connectivity index (χ1) is 7.99. The molecular weight excluding hydrogens is 246 g/mol. The van der Waals surface area contributed by atoms with Crippen LogP contribution >= 0.6 is 11.8 Å². The smallest absolute Gasteiger partial charge is 0.336 e. The number of rotatable bonds is 2. The Hall–Kier alpha value is -2.02. The van der Waals surface area contributed by atoms with Gasteiger partial charge in [-0.2, -0.15) is 0 Å². The lowest BCUT2D eigenvalue weighted by atomic mass is 10.1. The van der Waals surface area contributed by atoms with Crippen LogP contribution in [0.1, 0.15) is 20.7 Å². The third-order valence-electron chi connectivity index (χ3n) is 2.21. The Morgan fingerprint density at radius 2 is 1.76 bits per heavy atom. The highest BCUT2D eigenvalue weighted by atomic mass is 32.2. The molecule has 0 fully saturated rings. The zero-order valence-electron chi connectivity index (χ0n) is 8.39. The number of hydrogen-bond donors (Lipinski definition) is 3. The van der Waals surface area contributed by atoms with E-state index in [9.17, 15) is 14.4 Å². The fourth-order valence-corrected chi connectivity index (χ4v) is 2.31. The first-order valence-electron chi connectivity index (χ1n) is 4.56. The number of carboxylic acid groups (broad SMARTS) is 2. The third-order valence-corrected chi connectivity index (χ3v) is 3.27. The average Bonchev–Trinajstić information content (AvgIpc) is 2.26. The number of amides is 1. The van der Waals surface area contributed by atoms with E-state index in [0.717, 1.165) is 0 Å². The molecule has 0 aliphatic carbocycles. The molecule has 2 rings (SSSR count). The number of thioether (sulfide) groups is 1. The molecule has 1 aromatic rings. The molecular formula is C10H7NO5S. The maximum Gasteiger partial charge on any atom is 0.336 e. The highest BCUT2D eigenvalue weighted by Crippen LogP contribution is 2.33. The summed E-state index contributed by atoms with van der Waals surface area (Å²) in [5.41, 5.74) is -0.271. The first-order valence-corrected chi connectivity index (χ1v) is 5.55. The fourth-order valence-electron chi connectivity index (χ4n) is 1.48. The van der Waals surface area contributed by atoms with Crippen LogP contribution in [0.4, 0.5) is 5.69 Å². The monoisotopic (exact) mass is 253 g/mol. The van der Waals surface area contributed by atoms with E-state index in [0.29, 0.717) is 10.6 Å². The standard InChI is InChI=1S/C10H7NO5S/c12-8-3-17-7-2-5(10(15)16)4(9(13)14)1-6(7)11-8/h1-2H,3H2,(H,11,12)(H,13,14)(H,15,16). The SMILES string of the molecule is O=C1CSc2cc(C(=O)O)c(C(=O)O)cc2N1. The number of nitrogens with one attached hydrogen (secondary N) is 1. The number of carbonyl (C=O) groups excluding carboxylic acids is 1. The second kappa shape index (κ2) is 4.10. The van der Waals surface area contributed by atoms with E-state index in [-0.39, 0.29) is 22.8 Å². The van der Waals surface area contributed by atoms with Gasteiger partial charge >= 0.3 is 11.9 Å². The predicted molar refractivity (Wildman–Crippen MR) is 59.7 cm³/mol. The summed E-state index contributed by atoms with van der Waals surface area (Å²) in [6, 6.07) is 2.44. The van der Waals surface area contributed by atoms with E-state index >= 15 is 0 Å². The van der Waals surface area contributed by atoms with Gasteiger partial charge in [-0.15, -0.1) is 11.8 Å². The van der Waals surface area contributed by atoms with Crippen LogP contribution in [0, 0.1) is 0 Å². The minimum atomic E-state index is -1.34. The van der Waals surface area contributed by atoms with Gasteiger partial charge in [-0.05, 0) is 12.1 Å². The maximum absolute atomic E-state index is 11.1. The molecule has 1 aliphatic heterocycles. The van der Waals surface area contributed by atoms with Crippen LogP contribution in [0.5, 0.6) is 0 Å². The third kappa shape index (κ3) is 2.09. The normalized spacial score (nSPS) is 13.8. The van der Waals surface area contributed by atoms with Crippen LogP contribution < -0.4 is 5.32 Å². The Kier molecular flexibility index (Phi) is 2.76. The van der Waals surface area contributed by atoms with Crippen molar-refractivity contribution < 1.29 is 24.6 Å². The van der Waals surface area contributed by atoms with Crippen LogP contribution in [0.2, 0.25) is 0 Å². The highest BCUT2D eigenvalue weighted by Gasteiger charge is 2.23. The molecule has 1 heterocycles. The summed E-state index contributed by atoms with van der Waals surface area (Å²) < 4.78 is 0. The number of anilines is 1. The van der Waals surface area contributed by atoms with Crippen molar-refractivity contribution in [3.63, 3.8) is 0 Å². The van der Waals surface area contributed by atoms with Gasteiger partial charge in [0, 0.05) is 4.90 Å². The zero-order valence-corrected chi connectivity index (χ0v) is 9.21. The summed E-state index contributed by atoms with van der Waals surface area (Å²) in [5, 5.41) is 20.3. The molecule has 1 aliphatic rings. The van der Waals surface area contributed by atoms with Gasteiger partial charge < -0.3 is 15.5 Å². The lowest BCUT2D eigenvalue weighted by molar-refractivity contribution is -0.113. The summed E-state index contributed by atoms with van der Waals surface area (Å²) in [6.45, 7) is 0. The van der Waals surface area contributed by atoms with Crippen molar-refractivity contribution in [2.45, 2.75) is 4.90 Å². The molecule has 0 spiro atoms. The van der Waals surface area contributed by atoms with Gasteiger partial charge in [0.15, 0.2) is 0 Å².